The van der Waals surface area contributed by atoms with Crippen molar-refractivity contribution in [2.75, 3.05) is 20.3 Å². The Bertz CT molecular complexity index is 1600. The Balaban J connectivity index is 1.42. The van der Waals surface area contributed by atoms with E-state index >= 15 is 0 Å². The van der Waals surface area contributed by atoms with Crippen LogP contribution >= 0.6 is 0 Å². The van der Waals surface area contributed by atoms with Gasteiger partial charge in [-0.15, -0.1) is 0 Å². The summed E-state index contributed by atoms with van der Waals surface area (Å²) in [5.74, 6) is -0.372. The predicted octanol–water partition coefficient (Wildman–Crippen LogP) is 4.44. The lowest BCUT2D eigenvalue weighted by Gasteiger charge is -2.28. The number of aromatic nitrogens is 1. The van der Waals surface area contributed by atoms with Crippen molar-refractivity contribution in [3.63, 3.8) is 0 Å². The molecule has 1 aromatic heterocycles. The van der Waals surface area contributed by atoms with E-state index < -0.39 is 23.9 Å². The molecule has 2 heterocycles. The molecule has 1 aliphatic heterocycles. The number of allylic oxidation sites excluding steroid dienone is 1. The van der Waals surface area contributed by atoms with E-state index in [1.165, 1.54) is 18.2 Å². The lowest BCUT2D eigenvalue weighted by Crippen LogP contribution is -2.45. The number of hydrogen-bond donors (Lipinski definition) is 3. The van der Waals surface area contributed by atoms with Gasteiger partial charge in [0.15, 0.2) is 18.1 Å². The third-order valence-corrected chi connectivity index (χ3v) is 6.97. The number of methoxy groups -OCH3 is 1. The van der Waals surface area contributed by atoms with Gasteiger partial charge in [-0.2, -0.15) is 5.10 Å². The molecule has 11 nitrogen and oxygen atoms in total. The molecule has 3 aromatic rings. The van der Waals surface area contributed by atoms with E-state index in [0.29, 0.717) is 22.8 Å². The number of nitrogens with one attached hydrogen (secondary N) is 3. The van der Waals surface area contributed by atoms with E-state index in [1.807, 2.05) is 19.9 Å². The zero-order valence-corrected chi connectivity index (χ0v) is 25.5. The van der Waals surface area contributed by atoms with Gasteiger partial charge in [-0.05, 0) is 88.6 Å². The van der Waals surface area contributed by atoms with Crippen LogP contribution in [0.2, 0.25) is 0 Å². The first-order valence-corrected chi connectivity index (χ1v) is 13.9. The Kier molecular flexibility index (Phi) is 9.54. The maximum absolute atomic E-state index is 12.6. The number of rotatable bonds is 10. The van der Waals surface area contributed by atoms with Crippen LogP contribution in [0, 0.1) is 27.7 Å². The minimum atomic E-state index is -0.759. The number of ether oxygens (including phenoxy) is 3. The number of benzene rings is 2. The van der Waals surface area contributed by atoms with E-state index in [9.17, 15) is 14.4 Å². The van der Waals surface area contributed by atoms with Crippen molar-refractivity contribution in [2.24, 2.45) is 5.10 Å². The Labute approximate surface area is 250 Å². The number of esters is 1. The summed E-state index contributed by atoms with van der Waals surface area (Å²) in [5, 5.41) is 9.47. The van der Waals surface area contributed by atoms with Gasteiger partial charge in [-0.3, -0.25) is 4.79 Å². The van der Waals surface area contributed by atoms with Crippen LogP contribution in [0.1, 0.15) is 53.5 Å². The van der Waals surface area contributed by atoms with Crippen LogP contribution < -0.4 is 25.5 Å². The number of carbonyl (C=O) groups is 3. The lowest BCUT2D eigenvalue weighted by molar-refractivity contribution is -0.139. The molecule has 0 spiro atoms. The molecule has 1 aliphatic rings. The number of amides is 3. The van der Waals surface area contributed by atoms with Crippen molar-refractivity contribution >= 4 is 24.1 Å². The van der Waals surface area contributed by atoms with Gasteiger partial charge in [0, 0.05) is 28.3 Å². The minimum absolute atomic E-state index is 0.192. The van der Waals surface area contributed by atoms with Gasteiger partial charge in [0.2, 0.25) is 0 Å². The molecule has 0 radical (unpaired) electrons. The van der Waals surface area contributed by atoms with Crippen molar-refractivity contribution in [1.29, 1.82) is 0 Å². The fourth-order valence-electron chi connectivity index (χ4n) is 5.15. The maximum atomic E-state index is 12.6. The summed E-state index contributed by atoms with van der Waals surface area (Å²) in [5.41, 5.74) is 10.1. The number of hydrogen-bond acceptors (Lipinski definition) is 7. The summed E-state index contributed by atoms with van der Waals surface area (Å²) in [6.45, 7) is 11.4. The zero-order chi connectivity index (χ0) is 31.3. The highest BCUT2D eigenvalue weighted by atomic mass is 16.5. The van der Waals surface area contributed by atoms with Crippen molar-refractivity contribution < 1.29 is 28.6 Å². The van der Waals surface area contributed by atoms with Gasteiger partial charge in [-0.1, -0.05) is 12.1 Å². The van der Waals surface area contributed by atoms with Crippen LogP contribution in [0.3, 0.4) is 0 Å². The summed E-state index contributed by atoms with van der Waals surface area (Å²) in [7, 11) is 1.46. The number of nitrogens with zero attached hydrogens (tertiary/aromatic N) is 2. The summed E-state index contributed by atoms with van der Waals surface area (Å²) >= 11 is 0. The van der Waals surface area contributed by atoms with Crippen molar-refractivity contribution in [2.45, 2.75) is 47.6 Å². The fourth-order valence-corrected chi connectivity index (χ4v) is 5.15. The van der Waals surface area contributed by atoms with Crippen molar-refractivity contribution in [1.82, 2.24) is 20.6 Å². The van der Waals surface area contributed by atoms with E-state index in [0.717, 1.165) is 22.6 Å². The van der Waals surface area contributed by atoms with Gasteiger partial charge < -0.3 is 29.4 Å². The first kappa shape index (κ1) is 30.9. The van der Waals surface area contributed by atoms with Crippen LogP contribution in [0.5, 0.6) is 11.5 Å². The third-order valence-electron chi connectivity index (χ3n) is 6.97. The quantitative estimate of drug-likeness (QED) is 0.183. The van der Waals surface area contributed by atoms with E-state index in [2.05, 4.69) is 57.8 Å². The number of hydrazone groups is 1. The Morgan fingerprint density at radius 1 is 1.02 bits per heavy atom. The normalized spacial score (nSPS) is 14.8. The number of aryl methyl sites for hydroxylation is 3. The first-order chi connectivity index (χ1) is 20.5. The van der Waals surface area contributed by atoms with E-state index in [1.54, 1.807) is 38.3 Å². The fraction of sp³-hybridized carbons (Fsp3) is 0.312. The van der Waals surface area contributed by atoms with Gasteiger partial charge in [-0.25, -0.2) is 15.0 Å². The zero-order valence-electron chi connectivity index (χ0n) is 25.5. The Hall–Kier alpha value is -5.06. The average molecular weight is 588 g/mol. The molecular formula is C32H37N5O6. The lowest BCUT2D eigenvalue weighted by atomic mass is 9.95. The van der Waals surface area contributed by atoms with Crippen LogP contribution in [0.4, 0.5) is 4.79 Å². The molecule has 0 saturated heterocycles. The van der Waals surface area contributed by atoms with Gasteiger partial charge >= 0.3 is 12.0 Å². The number of urea groups is 1. The van der Waals surface area contributed by atoms with Crippen LogP contribution in [-0.2, 0) is 14.3 Å². The molecule has 0 unspecified atom stereocenters. The van der Waals surface area contributed by atoms with Gasteiger partial charge in [0.25, 0.3) is 5.91 Å². The summed E-state index contributed by atoms with van der Waals surface area (Å²) in [6.07, 6.45) is 1.61. The van der Waals surface area contributed by atoms with Crippen LogP contribution in [0.25, 0.3) is 5.69 Å². The summed E-state index contributed by atoms with van der Waals surface area (Å²) in [6, 6.07) is 12.1. The standard InChI is InChI=1S/C32H37N5O6/c1-8-42-31(39)29-21(5)34-32(40)35-30(29)23-9-10-26(27(15-23)41-7)43-17-28(38)36-33-16-24-14-20(4)37(22(24)6)25-12-18(2)11-19(3)13-25/h9-16,30H,8,17H2,1-7H3,(H,36,38)(H2,34,35,40)/b33-16-/t30-/m0/s1. The van der Waals surface area contributed by atoms with Crippen LogP contribution in [-0.4, -0.2) is 49.0 Å². The summed E-state index contributed by atoms with van der Waals surface area (Å²) in [4.78, 5) is 37.3. The van der Waals surface area contributed by atoms with E-state index in [-0.39, 0.29) is 18.8 Å². The highest BCUT2D eigenvalue weighted by Gasteiger charge is 2.32. The molecule has 3 N–H and O–H groups in total. The molecule has 0 fully saturated rings. The molecule has 11 heteroatoms. The molecule has 2 aromatic carbocycles. The molecule has 0 aliphatic carbocycles. The molecule has 0 bridgehead atoms. The van der Waals surface area contributed by atoms with Crippen LogP contribution in [0.15, 0.2) is 58.8 Å². The Morgan fingerprint density at radius 2 is 1.74 bits per heavy atom. The third kappa shape index (κ3) is 7.06. The molecular weight excluding hydrogens is 550 g/mol. The second-order valence-electron chi connectivity index (χ2n) is 10.3. The summed E-state index contributed by atoms with van der Waals surface area (Å²) < 4.78 is 18.5. The molecule has 0 saturated carbocycles. The highest BCUT2D eigenvalue weighted by molar-refractivity contribution is 5.95. The van der Waals surface area contributed by atoms with Gasteiger partial charge in [0.1, 0.15) is 0 Å². The molecule has 4 rings (SSSR count). The number of carbonyl (C=O) groups excluding carboxylic acids is 3. The largest absolute Gasteiger partial charge is 0.493 e. The molecule has 43 heavy (non-hydrogen) atoms. The Morgan fingerprint density at radius 3 is 2.42 bits per heavy atom. The molecule has 3 amide bonds. The van der Waals surface area contributed by atoms with Crippen molar-refractivity contribution in [3.05, 3.63) is 87.4 Å². The SMILES string of the molecule is CCOC(=O)C1=C(C)NC(=O)N[C@H]1c1ccc(OCC(=O)N/N=C\c2cc(C)n(-c3cc(C)cc(C)c3)c2C)c(OC)c1. The predicted molar refractivity (Wildman–Crippen MR) is 163 cm³/mol. The second kappa shape index (κ2) is 13.3. The second-order valence-corrected chi connectivity index (χ2v) is 10.3. The topological polar surface area (TPSA) is 132 Å². The minimum Gasteiger partial charge on any atom is -0.493 e. The average Bonchev–Trinajstić information content (AvgIpc) is 3.23. The monoisotopic (exact) mass is 587 g/mol. The smallest absolute Gasteiger partial charge is 0.338 e. The first-order valence-electron chi connectivity index (χ1n) is 13.9. The van der Waals surface area contributed by atoms with Crippen molar-refractivity contribution in [3.8, 4) is 17.2 Å². The maximum Gasteiger partial charge on any atom is 0.338 e. The molecule has 226 valence electrons. The molecule has 1 atom stereocenters. The van der Waals surface area contributed by atoms with Gasteiger partial charge in [0.05, 0.1) is 31.5 Å². The highest BCUT2D eigenvalue weighted by Crippen LogP contribution is 2.34. The van der Waals surface area contributed by atoms with E-state index in [4.69, 9.17) is 14.2 Å².